The molecule has 0 nitrogen and oxygen atoms in total. The second-order valence-electron chi connectivity index (χ2n) is 0.378. The van der Waals surface area contributed by atoms with Crippen LogP contribution in [0.3, 0.4) is 0 Å². The Kier molecular flexibility index (Phi) is 7.21. The summed E-state index contributed by atoms with van der Waals surface area (Å²) < 4.78 is 0. The first-order chi connectivity index (χ1) is 1.91. The lowest BCUT2D eigenvalue weighted by Gasteiger charge is -1.59. The average Bonchev–Trinajstić information content (AvgIpc) is 1.37. The van der Waals surface area contributed by atoms with Gasteiger partial charge in [-0.15, -0.1) is 43.6 Å². The molecule has 0 aliphatic rings. The van der Waals surface area contributed by atoms with Gasteiger partial charge >= 0.3 is 0 Å². The molecule has 26 valence electrons. The Morgan fingerprint density at radius 3 is 1.25 bits per heavy atom. The molecule has 4 heteroatoms. The van der Waals surface area contributed by atoms with E-state index in [4.69, 9.17) is 0 Å². The van der Waals surface area contributed by atoms with Crippen LogP contribution in [0.4, 0.5) is 0 Å². The van der Waals surface area contributed by atoms with E-state index >= 15 is 0 Å². The van der Waals surface area contributed by atoms with E-state index in [1.165, 1.54) is 0 Å². The van der Waals surface area contributed by atoms with Gasteiger partial charge in [0.1, 0.15) is 0 Å². The van der Waals surface area contributed by atoms with Gasteiger partial charge in [0.05, 0.1) is 13.1 Å². The Morgan fingerprint density at radius 1 is 1.00 bits per heavy atom. The predicted molar refractivity (Wildman–Crippen MR) is 45.1 cm³/mol. The third-order valence-electron chi connectivity index (χ3n) is 0.0714. The minimum absolute atomic E-state index is 0.520. The topological polar surface area (TPSA) is 0 Å². The fourth-order valence-electron chi connectivity index (χ4n) is 0. The molecule has 0 spiro atoms. The first-order valence-electron chi connectivity index (χ1n) is 1.03. The second-order valence-corrected chi connectivity index (χ2v) is 22.8. The Bertz CT molecular complexity index is 6.00. The first-order valence-corrected chi connectivity index (χ1v) is 15.3. The van der Waals surface area contributed by atoms with Crippen molar-refractivity contribution in [1.29, 1.82) is 0 Å². The SMILES string of the molecule is I[SiH2][SiH2]I. The maximum Gasteiger partial charge on any atom is 0.0920 e. The van der Waals surface area contributed by atoms with Gasteiger partial charge in [0.25, 0.3) is 0 Å². The highest BCUT2D eigenvalue weighted by atomic mass is 127. The van der Waals surface area contributed by atoms with Crippen molar-refractivity contribution in [3.8, 4) is 0 Å². The van der Waals surface area contributed by atoms with Crippen LogP contribution in [-0.4, -0.2) is 13.1 Å². The highest BCUT2D eigenvalue weighted by Gasteiger charge is 1.65. The Labute approximate surface area is 56.0 Å². The van der Waals surface area contributed by atoms with Gasteiger partial charge in [-0.3, -0.25) is 0 Å². The molecule has 0 aromatic heterocycles. The van der Waals surface area contributed by atoms with Crippen molar-refractivity contribution >= 4 is 56.7 Å². The van der Waals surface area contributed by atoms with Crippen LogP contribution in [0.2, 0.25) is 0 Å². The lowest BCUT2D eigenvalue weighted by atomic mass is 27.1. The second kappa shape index (κ2) is 4.89. The lowest BCUT2D eigenvalue weighted by Crippen LogP contribution is -1.76. The number of hydrogen-bond donors (Lipinski definition) is 0. The van der Waals surface area contributed by atoms with Crippen LogP contribution < -0.4 is 0 Å². The molecule has 0 atom stereocenters. The van der Waals surface area contributed by atoms with Crippen molar-refractivity contribution in [2.24, 2.45) is 0 Å². The number of hydrogen-bond acceptors (Lipinski definition) is 0. The van der Waals surface area contributed by atoms with E-state index in [0.717, 1.165) is 0 Å². The van der Waals surface area contributed by atoms with E-state index < -0.39 is 0 Å². The van der Waals surface area contributed by atoms with Crippen molar-refractivity contribution in [3.05, 3.63) is 0 Å². The normalized spacial score (nSPS) is 13.5. The fourth-order valence-corrected chi connectivity index (χ4v) is 0. The monoisotopic (exact) mass is 314 g/mol. The van der Waals surface area contributed by atoms with Crippen LogP contribution in [0.15, 0.2) is 0 Å². The van der Waals surface area contributed by atoms with Crippen LogP contribution in [-0.2, 0) is 0 Å². The highest BCUT2D eigenvalue weighted by molar-refractivity contribution is 14.2. The summed E-state index contributed by atoms with van der Waals surface area (Å²) in [4.78, 5) is 0. The maximum absolute atomic E-state index is 2.54. The molecule has 0 aliphatic carbocycles. The summed E-state index contributed by atoms with van der Waals surface area (Å²) >= 11 is 5.09. The highest BCUT2D eigenvalue weighted by Crippen LogP contribution is 1.76. The standard InChI is InChI=1S/H4I2Si2/c1-3-4-2/h3-4H2. The van der Waals surface area contributed by atoms with Gasteiger partial charge in [0, 0.05) is 0 Å². The van der Waals surface area contributed by atoms with Crippen LogP contribution in [0.5, 0.6) is 0 Å². The van der Waals surface area contributed by atoms with Crippen LogP contribution in [0.25, 0.3) is 0 Å². The molecule has 0 fully saturated rings. The molecule has 0 aromatic carbocycles. The van der Waals surface area contributed by atoms with E-state index in [2.05, 4.69) is 43.6 Å². The summed E-state index contributed by atoms with van der Waals surface area (Å²) in [5, 5.41) is 0. The van der Waals surface area contributed by atoms with Crippen molar-refractivity contribution in [2.75, 3.05) is 0 Å². The molecule has 0 radical (unpaired) electrons. The van der Waals surface area contributed by atoms with Crippen molar-refractivity contribution in [3.63, 3.8) is 0 Å². The van der Waals surface area contributed by atoms with Gasteiger partial charge in [-0.2, -0.15) is 0 Å². The zero-order valence-electron chi connectivity index (χ0n) is 2.17. The minimum Gasteiger partial charge on any atom is -0.131 e. The molecule has 0 bridgehead atoms. The fraction of sp³-hybridized carbons (Fsp3) is 0. The van der Waals surface area contributed by atoms with E-state index in [0.29, 0.717) is 13.1 Å². The molecule has 0 unspecified atom stereocenters. The zero-order valence-corrected chi connectivity index (χ0v) is 9.31. The van der Waals surface area contributed by atoms with E-state index in [-0.39, 0.29) is 0 Å². The average molecular weight is 314 g/mol. The molecule has 0 N–H and O–H groups in total. The number of rotatable bonds is 1. The molecular formula is H4I2Si2. The lowest BCUT2D eigenvalue weighted by molar-refractivity contribution is 4.65. The smallest absolute Gasteiger partial charge is 0.0920 e. The van der Waals surface area contributed by atoms with Crippen LogP contribution in [0, 0.1) is 0 Å². The van der Waals surface area contributed by atoms with Gasteiger partial charge in [-0.1, -0.05) is 0 Å². The molecule has 0 rings (SSSR count). The van der Waals surface area contributed by atoms with Crippen molar-refractivity contribution in [2.45, 2.75) is 0 Å². The Morgan fingerprint density at radius 2 is 1.25 bits per heavy atom. The largest absolute Gasteiger partial charge is 0.131 e. The first kappa shape index (κ1) is 5.89. The van der Waals surface area contributed by atoms with Crippen LogP contribution in [0.1, 0.15) is 0 Å². The van der Waals surface area contributed by atoms with Crippen molar-refractivity contribution in [1.82, 2.24) is 0 Å². The zero-order chi connectivity index (χ0) is 3.41. The molecule has 0 saturated heterocycles. The van der Waals surface area contributed by atoms with Crippen LogP contribution >= 0.6 is 43.6 Å². The maximum atomic E-state index is 2.54. The Hall–Kier alpha value is 1.89. The Balaban J connectivity index is 1.97. The van der Waals surface area contributed by atoms with E-state index in [9.17, 15) is 0 Å². The predicted octanol–water partition coefficient (Wildman–Crippen LogP) is -0.0610. The molecule has 4 heavy (non-hydrogen) atoms. The molecule has 0 aliphatic heterocycles. The third-order valence-corrected chi connectivity index (χ3v) is 28.9. The van der Waals surface area contributed by atoms with Gasteiger partial charge in [-0.05, 0) is 0 Å². The van der Waals surface area contributed by atoms with Crippen molar-refractivity contribution < 1.29 is 0 Å². The molecule has 0 amide bonds. The van der Waals surface area contributed by atoms with Gasteiger partial charge in [-0.25, -0.2) is 0 Å². The molecular weight excluding hydrogens is 310 g/mol. The van der Waals surface area contributed by atoms with Gasteiger partial charge in [0.15, 0.2) is 0 Å². The third kappa shape index (κ3) is 3.89. The number of halogens is 2. The summed E-state index contributed by atoms with van der Waals surface area (Å²) in [6.07, 6.45) is 0. The molecule has 0 aromatic rings. The quantitative estimate of drug-likeness (QED) is 0.361. The van der Waals surface area contributed by atoms with Gasteiger partial charge in [0.2, 0.25) is 0 Å². The minimum atomic E-state index is 0.520. The summed E-state index contributed by atoms with van der Waals surface area (Å²) in [7, 11) is 0. The summed E-state index contributed by atoms with van der Waals surface area (Å²) in [6, 6.07) is 0. The summed E-state index contributed by atoms with van der Waals surface area (Å²) in [6.45, 7) is 1.04. The summed E-state index contributed by atoms with van der Waals surface area (Å²) in [5.41, 5.74) is 0. The van der Waals surface area contributed by atoms with E-state index in [1.54, 1.807) is 0 Å². The van der Waals surface area contributed by atoms with E-state index in [1.807, 2.05) is 0 Å². The summed E-state index contributed by atoms with van der Waals surface area (Å²) in [5.74, 6) is 0. The molecule has 0 saturated carbocycles. The molecule has 0 heterocycles. The van der Waals surface area contributed by atoms with Gasteiger partial charge < -0.3 is 0 Å².